The molecule has 2 rings (SSSR count). The van der Waals surface area contributed by atoms with E-state index in [0.29, 0.717) is 16.3 Å². The van der Waals surface area contributed by atoms with E-state index in [4.69, 9.17) is 21.6 Å². The Balaban J connectivity index is 1.92. The molecule has 1 atom stereocenters. The summed E-state index contributed by atoms with van der Waals surface area (Å²) in [5.74, 6) is 0.135. The summed E-state index contributed by atoms with van der Waals surface area (Å²) in [5, 5.41) is 12.4. The molecule has 1 amide bonds. The van der Waals surface area contributed by atoms with Crippen molar-refractivity contribution in [3.8, 4) is 11.8 Å². The number of carbonyl (C=O) groups excluding carboxylic acids is 1. The van der Waals surface area contributed by atoms with Crippen LogP contribution in [0.5, 0.6) is 5.75 Å². The largest absolute Gasteiger partial charge is 0.482 e. The van der Waals surface area contributed by atoms with Gasteiger partial charge in [0.25, 0.3) is 5.91 Å². The van der Waals surface area contributed by atoms with Gasteiger partial charge in [-0.1, -0.05) is 35.9 Å². The molecule has 1 N–H and O–H groups in total. The maximum Gasteiger partial charge on any atom is 0.258 e. The van der Waals surface area contributed by atoms with Crippen LogP contribution >= 0.6 is 11.6 Å². The lowest BCUT2D eigenvalue weighted by Crippen LogP contribution is -2.31. The molecule has 0 unspecified atom stereocenters. The SMILES string of the molecule is C[C@H](NC(=O)COc1ccccc1C#N)c1cccc(Cl)c1. The minimum atomic E-state index is -0.264. The van der Waals surface area contributed by atoms with E-state index in [1.165, 1.54) is 0 Å². The Morgan fingerprint density at radius 3 is 2.82 bits per heavy atom. The molecular weight excluding hydrogens is 300 g/mol. The molecule has 112 valence electrons. The first-order chi connectivity index (χ1) is 10.6. The first-order valence-corrected chi connectivity index (χ1v) is 7.14. The monoisotopic (exact) mass is 314 g/mol. The minimum absolute atomic E-state index is 0.149. The number of hydrogen-bond donors (Lipinski definition) is 1. The number of hydrogen-bond acceptors (Lipinski definition) is 3. The van der Waals surface area contributed by atoms with Gasteiger partial charge in [0.05, 0.1) is 11.6 Å². The van der Waals surface area contributed by atoms with Crippen molar-refractivity contribution in [3.05, 3.63) is 64.7 Å². The minimum Gasteiger partial charge on any atom is -0.482 e. The normalized spacial score (nSPS) is 11.3. The van der Waals surface area contributed by atoms with Crippen LogP contribution in [0.2, 0.25) is 5.02 Å². The van der Waals surface area contributed by atoms with Gasteiger partial charge in [0.15, 0.2) is 6.61 Å². The van der Waals surface area contributed by atoms with Crippen molar-refractivity contribution in [2.45, 2.75) is 13.0 Å². The van der Waals surface area contributed by atoms with Crippen molar-refractivity contribution < 1.29 is 9.53 Å². The third-order valence-corrected chi connectivity index (χ3v) is 3.33. The van der Waals surface area contributed by atoms with Crippen LogP contribution in [-0.2, 0) is 4.79 Å². The molecule has 0 saturated carbocycles. The van der Waals surface area contributed by atoms with Gasteiger partial charge < -0.3 is 10.1 Å². The summed E-state index contributed by atoms with van der Waals surface area (Å²) in [6.45, 7) is 1.72. The molecule has 0 spiro atoms. The first kappa shape index (κ1) is 15.9. The van der Waals surface area contributed by atoms with Crippen LogP contribution in [0.1, 0.15) is 24.1 Å². The van der Waals surface area contributed by atoms with Crippen LogP contribution in [0.15, 0.2) is 48.5 Å². The van der Waals surface area contributed by atoms with Gasteiger partial charge in [0, 0.05) is 5.02 Å². The van der Waals surface area contributed by atoms with Crippen LogP contribution in [-0.4, -0.2) is 12.5 Å². The van der Waals surface area contributed by atoms with Gasteiger partial charge in [-0.2, -0.15) is 5.26 Å². The maximum atomic E-state index is 11.9. The summed E-state index contributed by atoms with van der Waals surface area (Å²) >= 11 is 5.93. The van der Waals surface area contributed by atoms with Gasteiger partial charge in [0.2, 0.25) is 0 Å². The number of halogens is 1. The highest BCUT2D eigenvalue weighted by molar-refractivity contribution is 6.30. The fourth-order valence-electron chi connectivity index (χ4n) is 1.97. The summed E-state index contributed by atoms with van der Waals surface area (Å²) in [6.07, 6.45) is 0. The van der Waals surface area contributed by atoms with Crippen LogP contribution in [0, 0.1) is 11.3 Å². The lowest BCUT2D eigenvalue weighted by Gasteiger charge is -2.15. The molecule has 0 aromatic heterocycles. The van der Waals surface area contributed by atoms with E-state index in [2.05, 4.69) is 5.32 Å². The Morgan fingerprint density at radius 2 is 2.09 bits per heavy atom. The van der Waals surface area contributed by atoms with Crippen molar-refractivity contribution in [1.29, 1.82) is 5.26 Å². The third-order valence-electron chi connectivity index (χ3n) is 3.09. The van der Waals surface area contributed by atoms with Gasteiger partial charge in [-0.3, -0.25) is 4.79 Å². The molecular formula is C17H15ClN2O2. The highest BCUT2D eigenvalue weighted by Crippen LogP contribution is 2.18. The molecule has 0 fully saturated rings. The van der Waals surface area contributed by atoms with Crippen molar-refractivity contribution in [2.75, 3.05) is 6.61 Å². The van der Waals surface area contributed by atoms with Gasteiger partial charge in [-0.15, -0.1) is 0 Å². The molecule has 2 aromatic carbocycles. The highest BCUT2D eigenvalue weighted by Gasteiger charge is 2.11. The standard InChI is InChI=1S/C17H15ClN2O2/c1-12(13-6-4-7-15(18)9-13)20-17(21)11-22-16-8-3-2-5-14(16)10-19/h2-9,12H,11H2,1H3,(H,20,21)/t12-/m0/s1. The lowest BCUT2D eigenvalue weighted by molar-refractivity contribution is -0.123. The predicted molar refractivity (Wildman–Crippen MR) is 84.7 cm³/mol. The molecule has 5 heteroatoms. The first-order valence-electron chi connectivity index (χ1n) is 6.77. The van der Waals surface area contributed by atoms with Crippen LogP contribution < -0.4 is 10.1 Å². The molecule has 0 aliphatic carbocycles. The molecule has 0 aliphatic rings. The number of nitrogens with zero attached hydrogens (tertiary/aromatic N) is 1. The summed E-state index contributed by atoms with van der Waals surface area (Å²) in [5.41, 5.74) is 1.32. The zero-order valence-corrected chi connectivity index (χ0v) is 12.8. The summed E-state index contributed by atoms with van der Waals surface area (Å²) in [6, 6.07) is 15.9. The topological polar surface area (TPSA) is 62.1 Å². The quantitative estimate of drug-likeness (QED) is 0.919. The summed E-state index contributed by atoms with van der Waals surface area (Å²) in [4.78, 5) is 11.9. The average Bonchev–Trinajstić information content (AvgIpc) is 2.53. The number of para-hydroxylation sites is 1. The van der Waals surface area contributed by atoms with E-state index < -0.39 is 0 Å². The zero-order valence-electron chi connectivity index (χ0n) is 12.0. The van der Waals surface area contributed by atoms with Crippen LogP contribution in [0.25, 0.3) is 0 Å². The smallest absolute Gasteiger partial charge is 0.258 e. The van der Waals surface area contributed by atoms with E-state index in [9.17, 15) is 4.79 Å². The predicted octanol–water partition coefficient (Wildman–Crippen LogP) is 3.47. The molecule has 4 nitrogen and oxygen atoms in total. The number of carbonyl (C=O) groups is 1. The Morgan fingerprint density at radius 1 is 1.32 bits per heavy atom. The van der Waals surface area contributed by atoms with Gasteiger partial charge in [-0.25, -0.2) is 0 Å². The molecule has 0 aliphatic heterocycles. The second-order valence-corrected chi connectivity index (χ2v) is 5.18. The van der Waals surface area contributed by atoms with E-state index in [0.717, 1.165) is 5.56 Å². The third kappa shape index (κ3) is 4.24. The molecule has 22 heavy (non-hydrogen) atoms. The Kier molecular flexibility index (Phi) is 5.40. The number of nitrogens with one attached hydrogen (secondary N) is 1. The number of rotatable bonds is 5. The van der Waals surface area contributed by atoms with E-state index in [1.807, 2.05) is 25.1 Å². The van der Waals surface area contributed by atoms with E-state index >= 15 is 0 Å². The van der Waals surface area contributed by atoms with Crippen molar-refractivity contribution >= 4 is 17.5 Å². The van der Waals surface area contributed by atoms with E-state index in [1.54, 1.807) is 36.4 Å². The zero-order chi connectivity index (χ0) is 15.9. The average molecular weight is 315 g/mol. The number of nitriles is 1. The fraction of sp³-hybridized carbons (Fsp3) is 0.176. The number of benzene rings is 2. The molecule has 0 bridgehead atoms. The molecule has 2 aromatic rings. The second-order valence-electron chi connectivity index (χ2n) is 4.74. The van der Waals surface area contributed by atoms with Gasteiger partial charge in [0.1, 0.15) is 11.8 Å². The van der Waals surface area contributed by atoms with Crippen molar-refractivity contribution in [3.63, 3.8) is 0 Å². The fourth-order valence-corrected chi connectivity index (χ4v) is 2.17. The number of ether oxygens (including phenoxy) is 1. The van der Waals surface area contributed by atoms with Gasteiger partial charge in [-0.05, 0) is 36.8 Å². The molecule has 0 saturated heterocycles. The second kappa shape index (κ2) is 7.48. The van der Waals surface area contributed by atoms with Crippen LogP contribution in [0.4, 0.5) is 0 Å². The summed E-state index contributed by atoms with van der Waals surface area (Å²) in [7, 11) is 0. The van der Waals surface area contributed by atoms with E-state index in [-0.39, 0.29) is 18.6 Å². The number of amides is 1. The Bertz CT molecular complexity index is 710. The van der Waals surface area contributed by atoms with Gasteiger partial charge >= 0.3 is 0 Å². The Labute approximate surface area is 134 Å². The Hall–Kier alpha value is -2.51. The maximum absolute atomic E-state index is 11.9. The lowest BCUT2D eigenvalue weighted by atomic mass is 10.1. The summed E-state index contributed by atoms with van der Waals surface area (Å²) < 4.78 is 5.39. The molecule has 0 heterocycles. The van der Waals surface area contributed by atoms with Crippen molar-refractivity contribution in [2.24, 2.45) is 0 Å². The highest BCUT2D eigenvalue weighted by atomic mass is 35.5. The van der Waals surface area contributed by atoms with Crippen LogP contribution in [0.3, 0.4) is 0 Å². The van der Waals surface area contributed by atoms with Crippen molar-refractivity contribution in [1.82, 2.24) is 5.32 Å². The molecule has 0 radical (unpaired) electrons.